The van der Waals surface area contributed by atoms with Crippen molar-refractivity contribution in [2.45, 2.75) is 6.92 Å². The van der Waals surface area contributed by atoms with E-state index in [9.17, 15) is 4.79 Å². The van der Waals surface area contributed by atoms with Gasteiger partial charge < -0.3 is 4.42 Å². The van der Waals surface area contributed by atoms with Gasteiger partial charge in [-0.25, -0.2) is 0 Å². The van der Waals surface area contributed by atoms with Crippen LogP contribution in [0.15, 0.2) is 33.7 Å². The van der Waals surface area contributed by atoms with Crippen LogP contribution in [-0.2, 0) is 0 Å². The molecule has 0 saturated heterocycles. The molecule has 0 aliphatic carbocycles. The zero-order chi connectivity index (χ0) is 9.42. The van der Waals surface area contributed by atoms with Crippen molar-refractivity contribution in [2.75, 3.05) is 0 Å². The molecule has 2 nitrogen and oxygen atoms in total. The van der Waals surface area contributed by atoms with Crippen molar-refractivity contribution in [2.24, 2.45) is 0 Å². The highest BCUT2D eigenvalue weighted by atomic mass is 16.3. The first-order chi connectivity index (χ1) is 6.18. The second kappa shape index (κ2) is 2.73. The van der Waals surface area contributed by atoms with Crippen molar-refractivity contribution in [1.29, 1.82) is 0 Å². The van der Waals surface area contributed by atoms with Gasteiger partial charge in [0.25, 0.3) is 0 Å². The van der Waals surface area contributed by atoms with Crippen LogP contribution in [0, 0.1) is 13.8 Å². The van der Waals surface area contributed by atoms with Crippen molar-refractivity contribution >= 4 is 11.0 Å². The van der Waals surface area contributed by atoms with Crippen molar-refractivity contribution in [1.82, 2.24) is 0 Å². The maximum absolute atomic E-state index is 11.6. The summed E-state index contributed by atoms with van der Waals surface area (Å²) in [6.07, 6.45) is 1.39. The third kappa shape index (κ3) is 1.24. The van der Waals surface area contributed by atoms with Crippen LogP contribution in [0.5, 0.6) is 0 Å². The van der Waals surface area contributed by atoms with E-state index in [1.165, 1.54) is 6.26 Å². The Hall–Kier alpha value is -1.57. The van der Waals surface area contributed by atoms with Crippen molar-refractivity contribution in [3.63, 3.8) is 0 Å². The van der Waals surface area contributed by atoms with Crippen LogP contribution in [0.25, 0.3) is 11.0 Å². The fourth-order valence-electron chi connectivity index (χ4n) is 1.29. The maximum Gasteiger partial charge on any atom is 0.195 e. The van der Waals surface area contributed by atoms with E-state index < -0.39 is 0 Å². The van der Waals surface area contributed by atoms with Gasteiger partial charge in [-0.1, -0.05) is 11.6 Å². The molecule has 0 aliphatic rings. The fraction of sp³-hybridized carbons (Fsp3) is 0.0909. The van der Waals surface area contributed by atoms with E-state index in [-0.39, 0.29) is 5.43 Å². The topological polar surface area (TPSA) is 30.2 Å². The van der Waals surface area contributed by atoms with E-state index in [1.54, 1.807) is 6.07 Å². The summed E-state index contributed by atoms with van der Waals surface area (Å²) >= 11 is 0. The zero-order valence-electron chi connectivity index (χ0n) is 7.33. The molecule has 2 rings (SSSR count). The average molecular weight is 173 g/mol. The van der Waals surface area contributed by atoms with Crippen molar-refractivity contribution in [3.8, 4) is 0 Å². The van der Waals surface area contributed by atoms with Crippen LogP contribution in [0.4, 0.5) is 0 Å². The van der Waals surface area contributed by atoms with Crippen LogP contribution in [0.1, 0.15) is 11.1 Å². The lowest BCUT2D eigenvalue weighted by atomic mass is 10.1. The number of fused-ring (bicyclic) bond motifs is 1. The molecule has 1 radical (unpaired) electrons. The number of aryl methyl sites for hydroxylation is 1. The SMILES string of the molecule is [CH2]c1coc2ccc(C)cc2c1=O. The molecule has 65 valence electrons. The normalized spacial score (nSPS) is 10.6. The molecule has 13 heavy (non-hydrogen) atoms. The van der Waals surface area contributed by atoms with E-state index in [0.717, 1.165) is 5.56 Å². The monoisotopic (exact) mass is 173 g/mol. The van der Waals surface area contributed by atoms with Crippen molar-refractivity contribution in [3.05, 3.63) is 52.7 Å². The minimum absolute atomic E-state index is 0.0510. The Bertz CT molecular complexity index is 504. The molecule has 1 aromatic heterocycles. The molecule has 0 N–H and O–H groups in total. The Balaban J connectivity index is 2.97. The lowest BCUT2D eigenvalue weighted by Gasteiger charge is -1.98. The second-order valence-corrected chi connectivity index (χ2v) is 3.09. The first-order valence-corrected chi connectivity index (χ1v) is 4.02. The highest BCUT2D eigenvalue weighted by molar-refractivity contribution is 5.77. The Morgan fingerprint density at radius 1 is 1.38 bits per heavy atom. The van der Waals surface area contributed by atoms with Crippen molar-refractivity contribution < 1.29 is 4.42 Å². The zero-order valence-corrected chi connectivity index (χ0v) is 7.33. The molecule has 0 atom stereocenters. The van der Waals surface area contributed by atoms with E-state index in [2.05, 4.69) is 6.92 Å². The molecule has 1 heterocycles. The largest absolute Gasteiger partial charge is 0.464 e. The van der Waals surface area contributed by atoms with Gasteiger partial charge in [0, 0.05) is 5.56 Å². The lowest BCUT2D eigenvalue weighted by molar-refractivity contribution is 0.599. The molecular formula is C11H9O2. The Morgan fingerprint density at radius 2 is 2.15 bits per heavy atom. The molecule has 0 fully saturated rings. The fourth-order valence-corrected chi connectivity index (χ4v) is 1.29. The smallest absolute Gasteiger partial charge is 0.195 e. The summed E-state index contributed by atoms with van der Waals surface area (Å²) in [6.45, 7) is 5.53. The predicted molar refractivity (Wildman–Crippen MR) is 51.7 cm³/mol. The number of hydrogen-bond acceptors (Lipinski definition) is 2. The summed E-state index contributed by atoms with van der Waals surface area (Å²) in [5.41, 5.74) is 2.01. The standard InChI is InChI=1S/C11H9O2/c1-7-3-4-10-9(5-7)11(12)8(2)6-13-10/h3-6H,2H2,1H3. The number of rotatable bonds is 0. The molecular weight excluding hydrogens is 164 g/mol. The van der Waals surface area contributed by atoms with E-state index in [1.807, 2.05) is 19.1 Å². The molecule has 0 unspecified atom stereocenters. The van der Waals surface area contributed by atoms with Gasteiger partial charge in [0.2, 0.25) is 0 Å². The van der Waals surface area contributed by atoms with Gasteiger partial charge in [-0.3, -0.25) is 4.79 Å². The predicted octanol–water partition coefficient (Wildman–Crippen LogP) is 2.28. The summed E-state index contributed by atoms with van der Waals surface area (Å²) in [4.78, 5) is 11.6. The summed E-state index contributed by atoms with van der Waals surface area (Å²) < 4.78 is 5.22. The number of benzene rings is 1. The highest BCUT2D eigenvalue weighted by Gasteiger charge is 2.02. The molecule has 0 bridgehead atoms. The number of hydrogen-bond donors (Lipinski definition) is 0. The quantitative estimate of drug-likeness (QED) is 0.611. The molecule has 2 aromatic rings. The molecule has 1 aromatic carbocycles. The van der Waals surface area contributed by atoms with Gasteiger partial charge in [0.15, 0.2) is 5.43 Å². The summed E-state index contributed by atoms with van der Waals surface area (Å²) in [5.74, 6) is 0. The molecule has 0 aliphatic heterocycles. The van der Waals surface area contributed by atoms with Crippen LogP contribution < -0.4 is 5.43 Å². The van der Waals surface area contributed by atoms with Gasteiger partial charge in [0.1, 0.15) is 5.58 Å². The summed E-state index contributed by atoms with van der Waals surface area (Å²) in [7, 11) is 0. The van der Waals surface area contributed by atoms with E-state index in [4.69, 9.17) is 4.42 Å². The van der Waals surface area contributed by atoms with E-state index >= 15 is 0 Å². The molecule has 0 amide bonds. The van der Waals surface area contributed by atoms with Gasteiger partial charge in [-0.2, -0.15) is 0 Å². The first kappa shape index (κ1) is 8.05. The second-order valence-electron chi connectivity index (χ2n) is 3.09. The Kier molecular flexibility index (Phi) is 1.69. The van der Waals surface area contributed by atoms with Gasteiger partial charge >= 0.3 is 0 Å². The van der Waals surface area contributed by atoms with Crippen LogP contribution in [0.2, 0.25) is 0 Å². The molecule has 0 saturated carbocycles. The van der Waals surface area contributed by atoms with Gasteiger partial charge in [-0.05, 0) is 26.0 Å². The minimum Gasteiger partial charge on any atom is -0.464 e. The summed E-state index contributed by atoms with van der Waals surface area (Å²) in [6, 6.07) is 5.52. The van der Waals surface area contributed by atoms with Crippen LogP contribution in [0.3, 0.4) is 0 Å². The Morgan fingerprint density at radius 3 is 2.92 bits per heavy atom. The molecule has 2 heteroatoms. The van der Waals surface area contributed by atoms with Crippen LogP contribution in [-0.4, -0.2) is 0 Å². The highest BCUT2D eigenvalue weighted by Crippen LogP contribution is 2.12. The van der Waals surface area contributed by atoms with Crippen LogP contribution >= 0.6 is 0 Å². The minimum atomic E-state index is -0.0510. The van der Waals surface area contributed by atoms with Gasteiger partial charge in [-0.15, -0.1) is 0 Å². The lowest BCUT2D eigenvalue weighted by Crippen LogP contribution is -2.04. The first-order valence-electron chi connectivity index (χ1n) is 4.02. The third-order valence-electron chi connectivity index (χ3n) is 2.00. The van der Waals surface area contributed by atoms with E-state index in [0.29, 0.717) is 16.5 Å². The average Bonchev–Trinajstić information content (AvgIpc) is 2.12. The maximum atomic E-state index is 11.6. The Labute approximate surface area is 75.8 Å². The molecule has 0 spiro atoms. The van der Waals surface area contributed by atoms with Gasteiger partial charge in [0.05, 0.1) is 11.6 Å². The third-order valence-corrected chi connectivity index (χ3v) is 2.00. The summed E-state index contributed by atoms with van der Waals surface area (Å²) in [5, 5.41) is 0.604.